The van der Waals surface area contributed by atoms with Crippen LogP contribution in [0.4, 0.5) is 0 Å². The number of ether oxygens (including phenoxy) is 2. The van der Waals surface area contributed by atoms with Crippen molar-refractivity contribution in [1.82, 2.24) is 5.32 Å². The molecule has 18 heavy (non-hydrogen) atoms. The molecule has 0 heterocycles. The van der Waals surface area contributed by atoms with Crippen LogP contribution < -0.4 is 14.8 Å². The van der Waals surface area contributed by atoms with Crippen LogP contribution in [0.3, 0.4) is 0 Å². The molecule has 0 atom stereocenters. The lowest BCUT2D eigenvalue weighted by atomic mass is 10.2. The van der Waals surface area contributed by atoms with E-state index in [1.165, 1.54) is 12.8 Å². The highest BCUT2D eigenvalue weighted by molar-refractivity contribution is 6.32. The molecule has 3 nitrogen and oxygen atoms in total. The van der Waals surface area contributed by atoms with Crippen molar-refractivity contribution in [2.75, 3.05) is 13.2 Å². The number of hydrogen-bond donors (Lipinski definition) is 1. The Labute approximate surface area is 113 Å². The van der Waals surface area contributed by atoms with E-state index in [2.05, 4.69) is 5.32 Å². The Morgan fingerprint density at radius 2 is 1.94 bits per heavy atom. The third-order valence-corrected chi connectivity index (χ3v) is 3.11. The molecule has 1 fully saturated rings. The van der Waals surface area contributed by atoms with Gasteiger partial charge in [-0.2, -0.15) is 0 Å². The van der Waals surface area contributed by atoms with Gasteiger partial charge < -0.3 is 14.8 Å². The molecule has 0 saturated heterocycles. The number of hydrogen-bond acceptors (Lipinski definition) is 3. The summed E-state index contributed by atoms with van der Waals surface area (Å²) in [5.74, 6) is 1.38. The van der Waals surface area contributed by atoms with Crippen LogP contribution in [0.15, 0.2) is 12.1 Å². The van der Waals surface area contributed by atoms with E-state index in [0.717, 1.165) is 17.9 Å². The number of benzene rings is 1. The standard InChI is InChI=1S/C14H20ClNO2/c1-3-17-13-8-10(9-16-11-5-6-11)7-12(15)14(13)18-4-2/h7-8,11,16H,3-6,9H2,1-2H3. The summed E-state index contributed by atoms with van der Waals surface area (Å²) < 4.78 is 11.1. The van der Waals surface area contributed by atoms with Gasteiger partial charge in [0.2, 0.25) is 0 Å². The summed E-state index contributed by atoms with van der Waals surface area (Å²) in [7, 11) is 0. The lowest BCUT2D eigenvalue weighted by Crippen LogP contribution is -2.15. The molecule has 0 unspecified atom stereocenters. The predicted octanol–water partition coefficient (Wildman–Crippen LogP) is 3.39. The fraction of sp³-hybridized carbons (Fsp3) is 0.571. The van der Waals surface area contributed by atoms with Gasteiger partial charge in [0.1, 0.15) is 0 Å². The number of nitrogens with one attached hydrogen (secondary N) is 1. The molecule has 1 N–H and O–H groups in total. The van der Waals surface area contributed by atoms with E-state index in [1.54, 1.807) is 0 Å². The third-order valence-electron chi connectivity index (χ3n) is 2.83. The van der Waals surface area contributed by atoms with Crippen LogP contribution in [-0.2, 0) is 6.54 Å². The van der Waals surface area contributed by atoms with Gasteiger partial charge in [-0.05, 0) is 44.4 Å². The monoisotopic (exact) mass is 269 g/mol. The minimum absolute atomic E-state index is 0.583. The molecule has 0 radical (unpaired) electrons. The van der Waals surface area contributed by atoms with Crippen LogP contribution in [0.5, 0.6) is 11.5 Å². The summed E-state index contributed by atoms with van der Waals surface area (Å²) >= 11 is 6.25. The maximum atomic E-state index is 6.25. The van der Waals surface area contributed by atoms with Gasteiger partial charge in [0.15, 0.2) is 11.5 Å². The first kappa shape index (κ1) is 13.5. The molecule has 0 aromatic heterocycles. The molecule has 100 valence electrons. The quantitative estimate of drug-likeness (QED) is 0.823. The largest absolute Gasteiger partial charge is 0.490 e. The lowest BCUT2D eigenvalue weighted by Gasteiger charge is -2.14. The first-order chi connectivity index (χ1) is 8.74. The van der Waals surface area contributed by atoms with Gasteiger partial charge in [-0.25, -0.2) is 0 Å². The first-order valence-electron chi connectivity index (χ1n) is 6.56. The Morgan fingerprint density at radius 1 is 1.22 bits per heavy atom. The molecular formula is C14H20ClNO2. The lowest BCUT2D eigenvalue weighted by molar-refractivity contribution is 0.287. The van der Waals surface area contributed by atoms with Gasteiger partial charge in [-0.15, -0.1) is 0 Å². The van der Waals surface area contributed by atoms with E-state index in [0.29, 0.717) is 30.0 Å². The van der Waals surface area contributed by atoms with Crippen molar-refractivity contribution in [3.8, 4) is 11.5 Å². The fourth-order valence-corrected chi connectivity index (χ4v) is 2.11. The average Bonchev–Trinajstić information content (AvgIpc) is 3.15. The first-order valence-corrected chi connectivity index (χ1v) is 6.93. The Morgan fingerprint density at radius 3 is 2.56 bits per heavy atom. The molecule has 0 amide bonds. The molecule has 1 aromatic carbocycles. The maximum Gasteiger partial charge on any atom is 0.179 e. The molecule has 0 aliphatic heterocycles. The normalized spacial score (nSPS) is 14.6. The third kappa shape index (κ3) is 3.53. The topological polar surface area (TPSA) is 30.5 Å². The molecule has 1 saturated carbocycles. The molecule has 1 aliphatic carbocycles. The van der Waals surface area contributed by atoms with Crippen molar-refractivity contribution in [3.05, 3.63) is 22.7 Å². The Balaban J connectivity index is 2.14. The van der Waals surface area contributed by atoms with Crippen LogP contribution in [0.2, 0.25) is 5.02 Å². The van der Waals surface area contributed by atoms with Crippen LogP contribution in [0, 0.1) is 0 Å². The smallest absolute Gasteiger partial charge is 0.179 e. The highest BCUT2D eigenvalue weighted by Gasteiger charge is 2.20. The Bertz CT molecular complexity index is 405. The van der Waals surface area contributed by atoms with E-state index in [9.17, 15) is 0 Å². The highest BCUT2D eigenvalue weighted by atomic mass is 35.5. The second kappa shape index (κ2) is 6.30. The van der Waals surface area contributed by atoms with Crippen molar-refractivity contribution in [2.24, 2.45) is 0 Å². The molecule has 0 spiro atoms. The zero-order valence-electron chi connectivity index (χ0n) is 11.0. The molecule has 4 heteroatoms. The van der Waals surface area contributed by atoms with Crippen LogP contribution >= 0.6 is 11.6 Å². The summed E-state index contributed by atoms with van der Waals surface area (Å²) in [6.07, 6.45) is 2.56. The molecular weight excluding hydrogens is 250 g/mol. The van der Waals surface area contributed by atoms with E-state index in [1.807, 2.05) is 26.0 Å². The number of rotatable bonds is 7. The van der Waals surface area contributed by atoms with Crippen molar-refractivity contribution in [2.45, 2.75) is 39.3 Å². The van der Waals surface area contributed by atoms with Gasteiger partial charge in [-0.1, -0.05) is 11.6 Å². The van der Waals surface area contributed by atoms with Crippen molar-refractivity contribution in [1.29, 1.82) is 0 Å². The Hall–Kier alpha value is -0.930. The van der Waals surface area contributed by atoms with E-state index >= 15 is 0 Å². The van der Waals surface area contributed by atoms with Crippen molar-refractivity contribution >= 4 is 11.6 Å². The summed E-state index contributed by atoms with van der Waals surface area (Å²) in [4.78, 5) is 0. The van der Waals surface area contributed by atoms with Crippen molar-refractivity contribution < 1.29 is 9.47 Å². The van der Waals surface area contributed by atoms with Gasteiger partial charge in [0.05, 0.1) is 18.2 Å². The zero-order chi connectivity index (χ0) is 13.0. The molecule has 1 aliphatic rings. The predicted molar refractivity (Wildman–Crippen MR) is 73.7 cm³/mol. The van der Waals surface area contributed by atoms with Crippen LogP contribution in [0.1, 0.15) is 32.3 Å². The van der Waals surface area contributed by atoms with Crippen LogP contribution in [0.25, 0.3) is 0 Å². The van der Waals surface area contributed by atoms with E-state index in [-0.39, 0.29) is 0 Å². The van der Waals surface area contributed by atoms with Gasteiger partial charge in [0.25, 0.3) is 0 Å². The van der Waals surface area contributed by atoms with Crippen LogP contribution in [-0.4, -0.2) is 19.3 Å². The van der Waals surface area contributed by atoms with Crippen molar-refractivity contribution in [3.63, 3.8) is 0 Å². The number of halogens is 1. The molecule has 0 bridgehead atoms. The maximum absolute atomic E-state index is 6.25. The fourth-order valence-electron chi connectivity index (χ4n) is 1.82. The Kier molecular flexibility index (Phi) is 4.72. The summed E-state index contributed by atoms with van der Waals surface area (Å²) in [6.45, 7) is 5.92. The second-order valence-corrected chi connectivity index (χ2v) is 4.83. The second-order valence-electron chi connectivity index (χ2n) is 4.43. The van der Waals surface area contributed by atoms with E-state index < -0.39 is 0 Å². The SMILES string of the molecule is CCOc1cc(CNC2CC2)cc(Cl)c1OCC. The van der Waals surface area contributed by atoms with Gasteiger partial charge >= 0.3 is 0 Å². The zero-order valence-corrected chi connectivity index (χ0v) is 11.7. The molecule has 1 aromatic rings. The van der Waals surface area contributed by atoms with Gasteiger partial charge in [0, 0.05) is 12.6 Å². The molecule has 2 rings (SSSR count). The summed E-state index contributed by atoms with van der Waals surface area (Å²) in [6, 6.07) is 4.64. The average molecular weight is 270 g/mol. The summed E-state index contributed by atoms with van der Waals surface area (Å²) in [5.41, 5.74) is 1.14. The van der Waals surface area contributed by atoms with Gasteiger partial charge in [-0.3, -0.25) is 0 Å². The summed E-state index contributed by atoms with van der Waals surface area (Å²) in [5, 5.41) is 4.09. The minimum atomic E-state index is 0.583. The van der Waals surface area contributed by atoms with E-state index in [4.69, 9.17) is 21.1 Å². The highest BCUT2D eigenvalue weighted by Crippen LogP contribution is 2.36. The minimum Gasteiger partial charge on any atom is -0.490 e.